The Bertz CT molecular complexity index is 1950. The number of nitrogen functional groups attached to an aromatic ring is 2. The van der Waals surface area contributed by atoms with Crippen molar-refractivity contribution in [2.75, 3.05) is 31.8 Å². The molecule has 2 aliphatic heterocycles. The summed E-state index contributed by atoms with van der Waals surface area (Å²) in [4.78, 5) is 52.7. The summed E-state index contributed by atoms with van der Waals surface area (Å²) in [5, 5.41) is 11.9. The zero-order valence-corrected chi connectivity index (χ0v) is 25.6. The van der Waals surface area contributed by atoms with Crippen molar-refractivity contribution >= 4 is 49.6 Å². The average molecular weight is 685 g/mol. The quantitative estimate of drug-likeness (QED) is 0.149. The van der Waals surface area contributed by atoms with Crippen LogP contribution in [-0.2, 0) is 36.7 Å². The minimum absolute atomic E-state index is 0.0411. The average Bonchev–Trinajstić information content (AvgIpc) is 3.75. The third-order valence-electron chi connectivity index (χ3n) is 8.28. The molecule has 3 aliphatic rings. The molecule has 2 saturated heterocycles. The topological polar surface area (TPSA) is 297 Å². The molecule has 23 heteroatoms. The SMILES string of the molecule is CO[C@H]1[C@H]2OP(=O)(O)OC[C@H]3C[C@@H](n4ccc5c(N)ncnc54)[C@H](O)[C@@H]3OP(=O)(O)OC[C@H]1O[C@H]2n1cnc2c(=O)[nH]c(N)nc21. The molecule has 46 heavy (non-hydrogen) atoms. The number of nitrogens with two attached hydrogens (primary N) is 2. The Kier molecular flexibility index (Phi) is 7.77. The van der Waals surface area contributed by atoms with Crippen molar-refractivity contribution in [1.82, 2.24) is 34.1 Å². The fourth-order valence-corrected chi connectivity index (χ4v) is 8.22. The smallest absolute Gasteiger partial charge is 0.388 e. The summed E-state index contributed by atoms with van der Waals surface area (Å²) in [7, 11) is -8.62. The van der Waals surface area contributed by atoms with Gasteiger partial charge in [-0.1, -0.05) is 0 Å². The summed E-state index contributed by atoms with van der Waals surface area (Å²) in [6.07, 6.45) is -3.84. The fraction of sp³-hybridized carbons (Fsp3) is 0.522. The molecule has 0 aromatic carbocycles. The van der Waals surface area contributed by atoms with Crippen LogP contribution in [0.25, 0.3) is 22.2 Å². The Hall–Kier alpha value is -3.33. The van der Waals surface area contributed by atoms with Gasteiger partial charge in [-0.25, -0.2) is 24.1 Å². The zero-order chi connectivity index (χ0) is 32.5. The summed E-state index contributed by atoms with van der Waals surface area (Å²) in [6.45, 7) is -1.18. The predicted octanol–water partition coefficient (Wildman–Crippen LogP) is -0.419. The van der Waals surface area contributed by atoms with Crippen LogP contribution in [0, 0.1) is 5.92 Å². The second-order valence-corrected chi connectivity index (χ2v) is 13.8. The summed E-state index contributed by atoms with van der Waals surface area (Å²) < 4.78 is 62.8. The van der Waals surface area contributed by atoms with E-state index in [4.69, 9.17) is 39.0 Å². The van der Waals surface area contributed by atoms with Crippen LogP contribution in [0.4, 0.5) is 11.8 Å². The summed E-state index contributed by atoms with van der Waals surface area (Å²) in [5.74, 6) is -0.932. The molecule has 1 aliphatic carbocycles. The molecule has 0 radical (unpaired) electrons. The van der Waals surface area contributed by atoms with Crippen LogP contribution in [0.1, 0.15) is 18.7 Å². The Morgan fingerprint density at radius 2 is 1.78 bits per heavy atom. The highest BCUT2D eigenvalue weighted by molar-refractivity contribution is 7.47. The van der Waals surface area contributed by atoms with E-state index in [0.717, 1.165) is 0 Å². The van der Waals surface area contributed by atoms with E-state index in [9.17, 15) is 28.8 Å². The monoisotopic (exact) mass is 685 g/mol. The molecule has 8 N–H and O–H groups in total. The molecular weight excluding hydrogens is 656 g/mol. The first-order chi connectivity index (χ1) is 21.9. The van der Waals surface area contributed by atoms with Crippen molar-refractivity contribution in [3.05, 3.63) is 35.3 Å². The van der Waals surface area contributed by atoms with E-state index in [1.165, 1.54) is 24.3 Å². The highest BCUT2D eigenvalue weighted by Crippen LogP contribution is 2.55. The van der Waals surface area contributed by atoms with E-state index in [1.807, 2.05) is 0 Å². The third kappa shape index (κ3) is 5.42. The van der Waals surface area contributed by atoms with Gasteiger partial charge in [-0.15, -0.1) is 0 Å². The number of hydrogen-bond acceptors (Lipinski definition) is 16. The first kappa shape index (κ1) is 31.3. The number of nitrogens with one attached hydrogen (secondary N) is 1. The van der Waals surface area contributed by atoms with E-state index >= 15 is 0 Å². The van der Waals surface area contributed by atoms with Crippen LogP contribution >= 0.6 is 15.6 Å². The second-order valence-electron chi connectivity index (χ2n) is 11.0. The van der Waals surface area contributed by atoms with E-state index in [0.29, 0.717) is 11.0 Å². The van der Waals surface area contributed by atoms with Gasteiger partial charge in [-0.3, -0.25) is 32.4 Å². The van der Waals surface area contributed by atoms with Crippen molar-refractivity contribution in [1.29, 1.82) is 0 Å². The number of phosphoric ester groups is 2. The van der Waals surface area contributed by atoms with E-state index < -0.39 is 83.1 Å². The number of nitrogens with zero attached hydrogens (tertiary/aromatic N) is 6. The van der Waals surface area contributed by atoms with Gasteiger partial charge in [-0.2, -0.15) is 4.98 Å². The Labute approximate surface area is 257 Å². The molecule has 2 unspecified atom stereocenters. The highest BCUT2D eigenvalue weighted by atomic mass is 31.2. The second kappa shape index (κ2) is 11.4. The van der Waals surface area contributed by atoms with E-state index in [-0.39, 0.29) is 29.4 Å². The lowest BCUT2D eigenvalue weighted by Crippen LogP contribution is -2.37. The number of H-pyrrole nitrogens is 1. The normalized spacial score (nSPS) is 37.1. The van der Waals surface area contributed by atoms with E-state index in [1.54, 1.807) is 16.8 Å². The number of methoxy groups -OCH3 is 1. The molecule has 6 heterocycles. The summed E-state index contributed by atoms with van der Waals surface area (Å²) in [5.41, 5.74) is 11.3. The Morgan fingerprint density at radius 1 is 1.04 bits per heavy atom. The first-order valence-corrected chi connectivity index (χ1v) is 16.8. The molecule has 4 aromatic rings. The number of fused-ring (bicyclic) bond motifs is 5. The molecule has 7 rings (SSSR count). The molecule has 1 saturated carbocycles. The minimum atomic E-state index is -4.95. The number of ether oxygens (including phenoxy) is 2. The minimum Gasteiger partial charge on any atom is -0.388 e. The number of imidazole rings is 1. The lowest BCUT2D eigenvalue weighted by atomic mass is 10.1. The number of aliphatic hydroxyl groups excluding tert-OH is 1. The summed E-state index contributed by atoms with van der Waals surface area (Å²) >= 11 is 0. The number of aromatic nitrogens is 7. The van der Waals surface area contributed by atoms with Crippen molar-refractivity contribution in [2.24, 2.45) is 5.92 Å². The number of aromatic amines is 1. The number of rotatable bonds is 3. The molecular formula is C23H29N9O12P2. The molecule has 3 fully saturated rings. The molecule has 0 amide bonds. The standard InChI is InChI=1S/C23H29N9O12P2/c1-39-16-12-6-41-46(37,38)43-15-9(4-11(14(15)33)31-3-2-10-18(24)26-7-27-19(10)31)5-40-45(35,36)44-17(16)22(42-12)32-8-28-13-20(32)29-23(25)30-21(13)34/h2-3,7-9,11-12,14-17,22,33H,4-6H2,1H3,(H,35,36)(H,37,38)(H2,24,26,27)(H3,25,29,30,34)/t9-,11-,12-,14+,15-,16-,17-,22-/m1/s1. The third-order valence-corrected chi connectivity index (χ3v) is 10.3. The van der Waals surface area contributed by atoms with Crippen LogP contribution in [0.5, 0.6) is 0 Å². The number of phosphoric acid groups is 2. The van der Waals surface area contributed by atoms with Crippen molar-refractivity contribution < 1.29 is 51.6 Å². The number of aliphatic hydroxyl groups is 1. The molecule has 248 valence electrons. The van der Waals surface area contributed by atoms with Crippen LogP contribution < -0.4 is 17.0 Å². The van der Waals surface area contributed by atoms with Gasteiger partial charge in [-0.05, 0) is 12.5 Å². The van der Waals surface area contributed by atoms with Gasteiger partial charge in [0.1, 0.15) is 48.3 Å². The lowest BCUT2D eigenvalue weighted by Gasteiger charge is -2.27. The van der Waals surface area contributed by atoms with Gasteiger partial charge >= 0.3 is 15.6 Å². The maximum atomic E-state index is 13.4. The maximum absolute atomic E-state index is 13.4. The van der Waals surface area contributed by atoms with Gasteiger partial charge in [0, 0.05) is 19.2 Å². The van der Waals surface area contributed by atoms with Crippen LogP contribution in [0.3, 0.4) is 0 Å². The van der Waals surface area contributed by atoms with Gasteiger partial charge in [0.2, 0.25) is 5.95 Å². The van der Waals surface area contributed by atoms with Crippen LogP contribution in [0.15, 0.2) is 29.7 Å². The Morgan fingerprint density at radius 3 is 2.54 bits per heavy atom. The molecule has 0 spiro atoms. The van der Waals surface area contributed by atoms with Gasteiger partial charge in [0.25, 0.3) is 5.56 Å². The highest BCUT2D eigenvalue weighted by Gasteiger charge is 2.54. The molecule has 10 atom stereocenters. The van der Waals surface area contributed by atoms with Crippen molar-refractivity contribution in [2.45, 2.75) is 49.2 Å². The molecule has 4 aromatic heterocycles. The van der Waals surface area contributed by atoms with Gasteiger partial charge in [0.15, 0.2) is 17.4 Å². The van der Waals surface area contributed by atoms with E-state index in [2.05, 4.69) is 24.9 Å². The van der Waals surface area contributed by atoms with Crippen molar-refractivity contribution in [3.8, 4) is 0 Å². The number of hydrogen-bond donors (Lipinski definition) is 6. The van der Waals surface area contributed by atoms with Crippen LogP contribution in [0.2, 0.25) is 0 Å². The fourth-order valence-electron chi connectivity index (χ4n) is 6.25. The largest absolute Gasteiger partial charge is 0.472 e. The molecule has 21 nitrogen and oxygen atoms in total. The zero-order valence-electron chi connectivity index (χ0n) is 23.8. The molecule has 2 bridgehead atoms. The number of anilines is 2. The van der Waals surface area contributed by atoms with Gasteiger partial charge < -0.3 is 40.4 Å². The van der Waals surface area contributed by atoms with Gasteiger partial charge in [0.05, 0.1) is 31.0 Å². The lowest BCUT2D eigenvalue weighted by molar-refractivity contribution is -0.0627. The van der Waals surface area contributed by atoms with Crippen LogP contribution in [-0.4, -0.2) is 99.8 Å². The maximum Gasteiger partial charge on any atom is 0.472 e. The predicted molar refractivity (Wildman–Crippen MR) is 154 cm³/mol. The summed E-state index contributed by atoms with van der Waals surface area (Å²) in [6, 6.07) is 0.873. The first-order valence-electron chi connectivity index (χ1n) is 13.8. The van der Waals surface area contributed by atoms with Crippen molar-refractivity contribution in [3.63, 3.8) is 0 Å². The Balaban J connectivity index is 1.22.